The Balaban J connectivity index is 2.36. The van der Waals surface area contributed by atoms with E-state index < -0.39 is 6.10 Å². The van der Waals surface area contributed by atoms with Crippen LogP contribution in [0.4, 0.5) is 0 Å². The molecule has 1 atom stereocenters. The highest BCUT2D eigenvalue weighted by Crippen LogP contribution is 2.33. The molecule has 0 fully saturated rings. The fourth-order valence-electron chi connectivity index (χ4n) is 2.60. The van der Waals surface area contributed by atoms with Gasteiger partial charge < -0.3 is 5.11 Å². The van der Waals surface area contributed by atoms with Gasteiger partial charge >= 0.3 is 0 Å². The lowest BCUT2D eigenvalue weighted by Gasteiger charge is -2.15. The van der Waals surface area contributed by atoms with Crippen molar-refractivity contribution in [2.45, 2.75) is 46.1 Å². The maximum Gasteiger partial charge on any atom is 0.132 e. The van der Waals surface area contributed by atoms with Crippen molar-refractivity contribution in [2.24, 2.45) is 7.05 Å². The van der Waals surface area contributed by atoms with Gasteiger partial charge in [0, 0.05) is 19.0 Å². The molecule has 0 amide bonds. The van der Waals surface area contributed by atoms with Crippen LogP contribution >= 0.6 is 11.6 Å². The highest BCUT2D eigenvalue weighted by atomic mass is 35.5. The Bertz CT molecular complexity index is 646. The molecule has 2 rings (SSSR count). The van der Waals surface area contributed by atoms with Crippen molar-refractivity contribution in [1.82, 2.24) is 9.78 Å². The summed E-state index contributed by atoms with van der Waals surface area (Å²) >= 11 is 6.33. The van der Waals surface area contributed by atoms with Crippen LogP contribution in [0.1, 0.15) is 53.8 Å². The molecule has 1 N–H and O–H groups in total. The molecular formula is C17H23ClN2O. The summed E-state index contributed by atoms with van der Waals surface area (Å²) in [5, 5.41) is 15.6. The second kappa shape index (κ2) is 6.20. The van der Waals surface area contributed by atoms with Gasteiger partial charge in [0.05, 0.1) is 11.8 Å². The predicted octanol–water partition coefficient (Wildman–Crippen LogP) is 4.09. The average Bonchev–Trinajstić information content (AvgIpc) is 2.70. The zero-order valence-electron chi connectivity index (χ0n) is 13.3. The third-order valence-corrected chi connectivity index (χ3v) is 4.29. The lowest BCUT2D eigenvalue weighted by Crippen LogP contribution is -2.07. The Labute approximate surface area is 131 Å². The van der Waals surface area contributed by atoms with Crippen molar-refractivity contribution in [2.75, 3.05) is 0 Å². The van der Waals surface area contributed by atoms with Gasteiger partial charge in [-0.15, -0.1) is 0 Å². The minimum absolute atomic E-state index is 0.229. The van der Waals surface area contributed by atoms with E-state index in [-0.39, 0.29) is 5.92 Å². The van der Waals surface area contributed by atoms with E-state index in [9.17, 15) is 5.11 Å². The number of aromatic nitrogens is 2. The SMILES string of the molecule is Cc1ccc(C)c(CC(O)c2c(C(C)C)nn(C)c2Cl)c1. The van der Waals surface area contributed by atoms with Gasteiger partial charge in [0.25, 0.3) is 0 Å². The lowest BCUT2D eigenvalue weighted by molar-refractivity contribution is 0.177. The molecule has 0 aliphatic carbocycles. The van der Waals surface area contributed by atoms with Gasteiger partial charge in [-0.25, -0.2) is 0 Å². The van der Waals surface area contributed by atoms with Crippen molar-refractivity contribution in [3.05, 3.63) is 51.3 Å². The Morgan fingerprint density at radius 1 is 1.29 bits per heavy atom. The van der Waals surface area contributed by atoms with Crippen LogP contribution in [0.2, 0.25) is 5.15 Å². The zero-order valence-corrected chi connectivity index (χ0v) is 14.1. The van der Waals surface area contributed by atoms with Crippen LogP contribution in [-0.4, -0.2) is 14.9 Å². The van der Waals surface area contributed by atoms with E-state index in [2.05, 4.69) is 51.0 Å². The van der Waals surface area contributed by atoms with E-state index in [1.54, 1.807) is 4.68 Å². The number of aliphatic hydroxyl groups excluding tert-OH is 1. The van der Waals surface area contributed by atoms with Crippen LogP contribution in [0.3, 0.4) is 0 Å². The number of rotatable bonds is 4. The molecule has 2 aromatic rings. The van der Waals surface area contributed by atoms with E-state index in [1.165, 1.54) is 11.1 Å². The lowest BCUT2D eigenvalue weighted by atomic mass is 9.94. The molecule has 0 radical (unpaired) electrons. The van der Waals surface area contributed by atoms with E-state index in [0.29, 0.717) is 11.6 Å². The van der Waals surface area contributed by atoms with Crippen molar-refractivity contribution >= 4 is 11.6 Å². The molecule has 3 nitrogen and oxygen atoms in total. The molecule has 1 aromatic carbocycles. The van der Waals surface area contributed by atoms with E-state index in [0.717, 1.165) is 16.8 Å². The number of benzene rings is 1. The number of halogens is 1. The minimum Gasteiger partial charge on any atom is -0.388 e. The van der Waals surface area contributed by atoms with Crippen molar-refractivity contribution in [3.8, 4) is 0 Å². The van der Waals surface area contributed by atoms with Crippen LogP contribution in [0.15, 0.2) is 18.2 Å². The second-order valence-corrected chi connectivity index (χ2v) is 6.38. The largest absolute Gasteiger partial charge is 0.388 e. The van der Waals surface area contributed by atoms with Crippen LogP contribution in [0.25, 0.3) is 0 Å². The van der Waals surface area contributed by atoms with Gasteiger partial charge in [0.15, 0.2) is 0 Å². The maximum absolute atomic E-state index is 10.7. The molecule has 1 unspecified atom stereocenters. The number of hydrogen-bond donors (Lipinski definition) is 1. The molecule has 1 aromatic heterocycles. The molecule has 114 valence electrons. The number of hydrogen-bond acceptors (Lipinski definition) is 2. The summed E-state index contributed by atoms with van der Waals surface area (Å²) < 4.78 is 1.64. The third kappa shape index (κ3) is 3.30. The quantitative estimate of drug-likeness (QED) is 0.924. The molecule has 0 aliphatic rings. The Morgan fingerprint density at radius 2 is 1.95 bits per heavy atom. The fraction of sp³-hybridized carbons (Fsp3) is 0.471. The smallest absolute Gasteiger partial charge is 0.132 e. The van der Waals surface area contributed by atoms with Gasteiger partial charge in [-0.2, -0.15) is 5.10 Å². The maximum atomic E-state index is 10.7. The van der Waals surface area contributed by atoms with Crippen LogP contribution in [0.5, 0.6) is 0 Å². The van der Waals surface area contributed by atoms with E-state index in [4.69, 9.17) is 11.6 Å². The zero-order chi connectivity index (χ0) is 15.7. The average molecular weight is 307 g/mol. The number of aliphatic hydroxyl groups is 1. The summed E-state index contributed by atoms with van der Waals surface area (Å²) in [6, 6.07) is 6.30. The highest BCUT2D eigenvalue weighted by Gasteiger charge is 2.24. The Kier molecular flexibility index (Phi) is 4.74. The molecule has 0 spiro atoms. The summed E-state index contributed by atoms with van der Waals surface area (Å²) in [5.74, 6) is 0.229. The third-order valence-electron chi connectivity index (χ3n) is 3.84. The molecule has 0 aliphatic heterocycles. The standard InChI is InChI=1S/C17H23ClN2O/c1-10(2)16-15(17(18)20(5)19-16)14(21)9-13-8-11(3)6-7-12(13)4/h6-8,10,14,21H,9H2,1-5H3. The van der Waals surface area contributed by atoms with Gasteiger partial charge in [0.2, 0.25) is 0 Å². The first-order valence-corrected chi connectivity index (χ1v) is 7.65. The first-order valence-electron chi connectivity index (χ1n) is 7.27. The summed E-state index contributed by atoms with van der Waals surface area (Å²) in [7, 11) is 1.81. The van der Waals surface area contributed by atoms with Gasteiger partial charge in [0.1, 0.15) is 5.15 Å². The predicted molar refractivity (Wildman–Crippen MR) is 86.9 cm³/mol. The normalized spacial score (nSPS) is 13.0. The fourth-order valence-corrected chi connectivity index (χ4v) is 2.87. The van der Waals surface area contributed by atoms with Crippen LogP contribution in [-0.2, 0) is 13.5 Å². The summed E-state index contributed by atoms with van der Waals surface area (Å²) in [5.41, 5.74) is 5.17. The first kappa shape index (κ1) is 16.1. The van der Waals surface area contributed by atoms with Crippen molar-refractivity contribution in [1.29, 1.82) is 0 Å². The summed E-state index contributed by atoms with van der Waals surface area (Å²) in [4.78, 5) is 0. The molecule has 0 bridgehead atoms. The molecule has 0 saturated carbocycles. The number of nitrogens with zero attached hydrogens (tertiary/aromatic N) is 2. The molecule has 21 heavy (non-hydrogen) atoms. The molecule has 1 heterocycles. The Hall–Kier alpha value is -1.32. The number of aryl methyl sites for hydroxylation is 3. The van der Waals surface area contributed by atoms with Crippen molar-refractivity contribution in [3.63, 3.8) is 0 Å². The molecular weight excluding hydrogens is 284 g/mol. The summed E-state index contributed by atoms with van der Waals surface area (Å²) in [6.07, 6.45) is -0.0809. The monoisotopic (exact) mass is 306 g/mol. The first-order chi connectivity index (χ1) is 9.81. The Morgan fingerprint density at radius 3 is 2.57 bits per heavy atom. The van der Waals surface area contributed by atoms with E-state index in [1.807, 2.05) is 7.05 Å². The molecule has 4 heteroatoms. The second-order valence-electron chi connectivity index (χ2n) is 6.02. The van der Waals surface area contributed by atoms with Gasteiger partial charge in [-0.1, -0.05) is 49.2 Å². The van der Waals surface area contributed by atoms with E-state index >= 15 is 0 Å². The van der Waals surface area contributed by atoms with Gasteiger partial charge in [-0.05, 0) is 30.9 Å². The highest BCUT2D eigenvalue weighted by molar-refractivity contribution is 6.30. The topological polar surface area (TPSA) is 38.1 Å². The van der Waals surface area contributed by atoms with Crippen LogP contribution in [0, 0.1) is 13.8 Å². The van der Waals surface area contributed by atoms with Gasteiger partial charge in [-0.3, -0.25) is 4.68 Å². The summed E-state index contributed by atoms with van der Waals surface area (Å²) in [6.45, 7) is 8.25. The molecule has 0 saturated heterocycles. The minimum atomic E-state index is -0.635. The van der Waals surface area contributed by atoms with Crippen molar-refractivity contribution < 1.29 is 5.11 Å². The van der Waals surface area contributed by atoms with Crippen LogP contribution < -0.4 is 0 Å².